The van der Waals surface area contributed by atoms with E-state index in [0.717, 1.165) is 16.7 Å². The summed E-state index contributed by atoms with van der Waals surface area (Å²) >= 11 is 0. The molecule has 0 aliphatic carbocycles. The number of carbonyl (C=O) groups is 1. The van der Waals surface area contributed by atoms with Crippen molar-refractivity contribution >= 4 is 22.6 Å². The Balaban J connectivity index is 2.44. The summed E-state index contributed by atoms with van der Waals surface area (Å²) in [6, 6.07) is 13.7. The summed E-state index contributed by atoms with van der Waals surface area (Å²) in [4.78, 5) is 18.6. The van der Waals surface area contributed by atoms with Crippen molar-refractivity contribution in [3.63, 3.8) is 0 Å². The molecule has 0 radical (unpaired) electrons. The van der Waals surface area contributed by atoms with E-state index in [9.17, 15) is 9.90 Å². The van der Waals surface area contributed by atoms with Gasteiger partial charge in [0.15, 0.2) is 0 Å². The number of hydrogen-bond donors (Lipinski definition) is 1. The zero-order valence-electron chi connectivity index (χ0n) is 14.3. The Hall–Kier alpha value is -2.88. The van der Waals surface area contributed by atoms with E-state index in [2.05, 4.69) is 0 Å². The Labute approximate surface area is 141 Å². The highest BCUT2D eigenvalue weighted by molar-refractivity contribution is 6.10. The number of fused-ring (bicyclic) bond motifs is 1. The van der Waals surface area contributed by atoms with Crippen LogP contribution in [0.2, 0.25) is 0 Å². The number of pyridine rings is 1. The lowest BCUT2D eigenvalue weighted by Crippen LogP contribution is -2.16. The molecule has 1 aromatic heterocycles. The van der Waals surface area contributed by atoms with Crippen molar-refractivity contribution in [2.45, 2.75) is 13.8 Å². The van der Waals surface area contributed by atoms with Crippen LogP contribution in [0, 0.1) is 13.8 Å². The Bertz CT molecular complexity index is 929. The second-order valence-electron chi connectivity index (χ2n) is 6.27. The molecule has 4 nitrogen and oxygen atoms in total. The van der Waals surface area contributed by atoms with Gasteiger partial charge in [0, 0.05) is 25.0 Å². The molecular weight excluding hydrogens is 300 g/mol. The second-order valence-corrected chi connectivity index (χ2v) is 6.27. The van der Waals surface area contributed by atoms with Gasteiger partial charge in [0.25, 0.3) is 0 Å². The fourth-order valence-electron chi connectivity index (χ4n) is 2.93. The van der Waals surface area contributed by atoms with Gasteiger partial charge in [0.1, 0.15) is 0 Å². The average molecular weight is 320 g/mol. The van der Waals surface area contributed by atoms with Gasteiger partial charge in [-0.2, -0.15) is 0 Å². The fourth-order valence-corrected chi connectivity index (χ4v) is 2.93. The SMILES string of the molecule is Cc1ccc(-c2nc3ccc(C)cc3c(C(=O)O)c2N(C)C)cc1. The molecule has 122 valence electrons. The standard InChI is InChI=1S/C20H20N2O2/c1-12-5-8-14(9-6-12)18-19(22(3)4)17(20(23)24)15-11-13(2)7-10-16(15)21-18/h5-11H,1-4H3,(H,23,24). The lowest BCUT2D eigenvalue weighted by molar-refractivity contribution is 0.0699. The quantitative estimate of drug-likeness (QED) is 0.782. The van der Waals surface area contributed by atoms with E-state index >= 15 is 0 Å². The predicted molar refractivity (Wildman–Crippen MR) is 97.9 cm³/mol. The van der Waals surface area contributed by atoms with E-state index < -0.39 is 5.97 Å². The Morgan fingerprint density at radius 2 is 1.62 bits per heavy atom. The first-order chi connectivity index (χ1) is 11.4. The number of benzene rings is 2. The van der Waals surface area contributed by atoms with Crippen LogP contribution in [0.3, 0.4) is 0 Å². The number of rotatable bonds is 3. The van der Waals surface area contributed by atoms with Crippen LogP contribution in [0.5, 0.6) is 0 Å². The summed E-state index contributed by atoms with van der Waals surface area (Å²) in [6.45, 7) is 3.98. The van der Waals surface area contributed by atoms with Crippen LogP contribution in [-0.4, -0.2) is 30.2 Å². The zero-order chi connectivity index (χ0) is 17.4. The van der Waals surface area contributed by atoms with Crippen molar-refractivity contribution in [2.75, 3.05) is 19.0 Å². The first-order valence-corrected chi connectivity index (χ1v) is 7.80. The Morgan fingerprint density at radius 1 is 1.00 bits per heavy atom. The van der Waals surface area contributed by atoms with Gasteiger partial charge in [-0.15, -0.1) is 0 Å². The first kappa shape index (κ1) is 16.0. The Kier molecular flexibility index (Phi) is 3.97. The molecule has 0 aliphatic heterocycles. The average Bonchev–Trinajstić information content (AvgIpc) is 2.53. The summed E-state index contributed by atoms with van der Waals surface area (Å²) < 4.78 is 0. The number of anilines is 1. The molecule has 24 heavy (non-hydrogen) atoms. The number of nitrogens with zero attached hydrogens (tertiary/aromatic N) is 2. The maximum Gasteiger partial charge on any atom is 0.338 e. The van der Waals surface area contributed by atoms with Crippen LogP contribution in [0.25, 0.3) is 22.2 Å². The summed E-state index contributed by atoms with van der Waals surface area (Å²) in [7, 11) is 3.70. The predicted octanol–water partition coefficient (Wildman–Crippen LogP) is 4.28. The topological polar surface area (TPSA) is 53.4 Å². The van der Waals surface area contributed by atoms with Crippen molar-refractivity contribution in [1.29, 1.82) is 0 Å². The molecule has 4 heteroatoms. The molecule has 0 amide bonds. The molecule has 2 aromatic carbocycles. The maximum absolute atomic E-state index is 12.0. The van der Waals surface area contributed by atoms with Gasteiger partial charge in [-0.3, -0.25) is 0 Å². The minimum atomic E-state index is -0.940. The van der Waals surface area contributed by atoms with Gasteiger partial charge in [-0.05, 0) is 26.0 Å². The molecule has 0 saturated carbocycles. The minimum Gasteiger partial charge on any atom is -0.478 e. The number of aryl methyl sites for hydroxylation is 2. The van der Waals surface area contributed by atoms with Crippen LogP contribution < -0.4 is 4.90 Å². The third kappa shape index (κ3) is 2.71. The van der Waals surface area contributed by atoms with Gasteiger partial charge in [-0.25, -0.2) is 9.78 Å². The van der Waals surface area contributed by atoms with Crippen molar-refractivity contribution < 1.29 is 9.90 Å². The number of carboxylic acids is 1. The summed E-state index contributed by atoms with van der Waals surface area (Å²) in [5, 5.41) is 10.5. The number of aromatic nitrogens is 1. The Morgan fingerprint density at radius 3 is 2.21 bits per heavy atom. The third-order valence-corrected chi connectivity index (χ3v) is 4.10. The van der Waals surface area contributed by atoms with Crippen molar-refractivity contribution in [2.24, 2.45) is 0 Å². The van der Waals surface area contributed by atoms with Crippen LogP contribution >= 0.6 is 0 Å². The molecule has 0 atom stereocenters. The van der Waals surface area contributed by atoms with Gasteiger partial charge in [-0.1, -0.05) is 41.5 Å². The molecule has 0 spiro atoms. The first-order valence-electron chi connectivity index (χ1n) is 7.80. The normalized spacial score (nSPS) is 10.8. The van der Waals surface area contributed by atoms with Gasteiger partial charge in [0.2, 0.25) is 0 Å². The molecule has 3 aromatic rings. The van der Waals surface area contributed by atoms with E-state index in [4.69, 9.17) is 4.98 Å². The lowest BCUT2D eigenvalue weighted by atomic mass is 9.99. The summed E-state index contributed by atoms with van der Waals surface area (Å²) in [5.41, 5.74) is 5.38. The number of hydrogen-bond acceptors (Lipinski definition) is 3. The second kappa shape index (κ2) is 5.96. The molecule has 3 rings (SSSR count). The van der Waals surface area contributed by atoms with Crippen LogP contribution in [0.1, 0.15) is 21.5 Å². The highest BCUT2D eigenvalue weighted by atomic mass is 16.4. The molecule has 0 saturated heterocycles. The smallest absolute Gasteiger partial charge is 0.338 e. The number of carboxylic acid groups (broad SMARTS) is 1. The fraction of sp³-hybridized carbons (Fsp3) is 0.200. The number of aromatic carboxylic acids is 1. The maximum atomic E-state index is 12.0. The minimum absolute atomic E-state index is 0.296. The van der Waals surface area contributed by atoms with Crippen molar-refractivity contribution in [3.05, 3.63) is 59.2 Å². The molecule has 0 bridgehead atoms. The van der Waals surface area contributed by atoms with Crippen LogP contribution in [0.15, 0.2) is 42.5 Å². The molecule has 1 N–H and O–H groups in total. The van der Waals surface area contributed by atoms with E-state index in [-0.39, 0.29) is 0 Å². The lowest BCUT2D eigenvalue weighted by Gasteiger charge is -2.21. The highest BCUT2D eigenvalue weighted by Crippen LogP contribution is 2.36. The van der Waals surface area contributed by atoms with Crippen LogP contribution in [0.4, 0.5) is 5.69 Å². The molecule has 0 unspecified atom stereocenters. The monoisotopic (exact) mass is 320 g/mol. The molecule has 1 heterocycles. The van der Waals surface area contributed by atoms with Gasteiger partial charge in [0.05, 0.1) is 22.5 Å². The van der Waals surface area contributed by atoms with Crippen LogP contribution in [-0.2, 0) is 0 Å². The molecular formula is C20H20N2O2. The zero-order valence-corrected chi connectivity index (χ0v) is 14.3. The largest absolute Gasteiger partial charge is 0.478 e. The van der Waals surface area contributed by atoms with Crippen molar-refractivity contribution in [3.8, 4) is 11.3 Å². The van der Waals surface area contributed by atoms with Gasteiger partial charge < -0.3 is 10.0 Å². The third-order valence-electron chi connectivity index (χ3n) is 4.10. The summed E-state index contributed by atoms with van der Waals surface area (Å²) in [6.07, 6.45) is 0. The van der Waals surface area contributed by atoms with E-state index in [1.807, 2.05) is 75.3 Å². The molecule has 0 fully saturated rings. The molecule has 0 aliphatic rings. The highest BCUT2D eigenvalue weighted by Gasteiger charge is 2.22. The summed E-state index contributed by atoms with van der Waals surface area (Å²) in [5.74, 6) is -0.940. The van der Waals surface area contributed by atoms with E-state index in [1.54, 1.807) is 0 Å². The van der Waals surface area contributed by atoms with Crippen molar-refractivity contribution in [1.82, 2.24) is 4.98 Å². The van der Waals surface area contributed by atoms with E-state index in [0.29, 0.717) is 27.8 Å². The van der Waals surface area contributed by atoms with E-state index in [1.165, 1.54) is 0 Å². The van der Waals surface area contributed by atoms with Gasteiger partial charge >= 0.3 is 5.97 Å².